The molecular weight excluding hydrogens is 254 g/mol. The molecule has 0 atom stereocenters. The lowest BCUT2D eigenvalue weighted by Gasteiger charge is -2.01. The fourth-order valence-electron chi connectivity index (χ4n) is 1.62. The van der Waals surface area contributed by atoms with Crippen LogP contribution in [0.5, 0.6) is 0 Å². The van der Waals surface area contributed by atoms with Crippen LogP contribution >= 0.6 is 0 Å². The Hall–Kier alpha value is -2.50. The second kappa shape index (κ2) is 7.18. The minimum absolute atomic E-state index is 0.249. The lowest BCUT2D eigenvalue weighted by Crippen LogP contribution is -2.18. The number of nitrogens with zero attached hydrogens (tertiary/aromatic N) is 3. The number of aromatic amines is 1. The third-order valence-electron chi connectivity index (χ3n) is 2.66. The molecule has 20 heavy (non-hydrogen) atoms. The Morgan fingerprint density at radius 1 is 1.30 bits per heavy atom. The summed E-state index contributed by atoms with van der Waals surface area (Å²) in [6, 6.07) is 9.68. The molecule has 104 valence electrons. The smallest absolute Gasteiger partial charge is 0.274 e. The molecular formula is C14H17N5O. The predicted molar refractivity (Wildman–Crippen MR) is 78.9 cm³/mol. The highest BCUT2D eigenvalue weighted by atomic mass is 16.1. The summed E-state index contributed by atoms with van der Waals surface area (Å²) in [7, 11) is 0. The predicted octanol–water partition coefficient (Wildman–Crippen LogP) is 1.95. The molecule has 0 fully saturated rings. The standard InChI is InChI=1S/C14H17N5O/c1-2-3-9-15-18-14-16-13(20)12(17-19-14)10-11-7-5-4-6-8-11/h4-9H,2-3,10H2,1H3,(H2,16,18,19,20). The third kappa shape index (κ3) is 4.01. The largest absolute Gasteiger partial charge is 0.288 e. The van der Waals surface area contributed by atoms with Gasteiger partial charge in [-0.15, -0.1) is 10.2 Å². The lowest BCUT2D eigenvalue weighted by molar-refractivity contribution is 0.865. The molecule has 1 heterocycles. The number of H-pyrrole nitrogens is 1. The van der Waals surface area contributed by atoms with Gasteiger partial charge in [0.05, 0.1) is 0 Å². The number of benzene rings is 1. The van der Waals surface area contributed by atoms with Gasteiger partial charge >= 0.3 is 0 Å². The second-order valence-electron chi connectivity index (χ2n) is 4.32. The highest BCUT2D eigenvalue weighted by Crippen LogP contribution is 2.03. The zero-order chi connectivity index (χ0) is 14.2. The van der Waals surface area contributed by atoms with Crippen LogP contribution in [-0.4, -0.2) is 21.4 Å². The summed E-state index contributed by atoms with van der Waals surface area (Å²) in [5, 5.41) is 11.8. The summed E-state index contributed by atoms with van der Waals surface area (Å²) in [5.41, 5.74) is 3.81. The van der Waals surface area contributed by atoms with Gasteiger partial charge in [-0.1, -0.05) is 43.7 Å². The van der Waals surface area contributed by atoms with Crippen molar-refractivity contribution in [2.75, 3.05) is 5.43 Å². The van der Waals surface area contributed by atoms with Gasteiger partial charge in [0.15, 0.2) is 0 Å². The van der Waals surface area contributed by atoms with Crippen LogP contribution in [0.4, 0.5) is 5.95 Å². The van der Waals surface area contributed by atoms with Gasteiger partial charge in [-0.2, -0.15) is 5.10 Å². The van der Waals surface area contributed by atoms with Crippen LogP contribution < -0.4 is 11.0 Å². The quantitative estimate of drug-likeness (QED) is 0.621. The molecule has 0 saturated carbocycles. The summed E-state index contributed by atoms with van der Waals surface area (Å²) >= 11 is 0. The van der Waals surface area contributed by atoms with Gasteiger partial charge in [0, 0.05) is 12.6 Å². The topological polar surface area (TPSA) is 83.0 Å². The zero-order valence-electron chi connectivity index (χ0n) is 11.3. The number of anilines is 1. The highest BCUT2D eigenvalue weighted by Gasteiger charge is 2.05. The van der Waals surface area contributed by atoms with E-state index in [9.17, 15) is 4.79 Å². The molecule has 2 aromatic rings. The van der Waals surface area contributed by atoms with Crippen LogP contribution in [0.3, 0.4) is 0 Å². The van der Waals surface area contributed by atoms with Crippen molar-refractivity contribution in [3.8, 4) is 0 Å². The van der Waals surface area contributed by atoms with Gasteiger partial charge in [0.2, 0.25) is 5.95 Å². The fraction of sp³-hybridized carbons (Fsp3) is 0.286. The van der Waals surface area contributed by atoms with Gasteiger partial charge in [-0.3, -0.25) is 9.78 Å². The van der Waals surface area contributed by atoms with E-state index in [4.69, 9.17) is 0 Å². The Morgan fingerprint density at radius 2 is 2.10 bits per heavy atom. The van der Waals surface area contributed by atoms with Crippen molar-refractivity contribution in [2.24, 2.45) is 5.10 Å². The molecule has 1 aromatic heterocycles. The van der Waals surface area contributed by atoms with Gasteiger partial charge < -0.3 is 0 Å². The normalized spacial score (nSPS) is 10.8. The Labute approximate surface area is 117 Å². The molecule has 0 saturated heterocycles. The van der Waals surface area contributed by atoms with Crippen LogP contribution in [-0.2, 0) is 6.42 Å². The molecule has 2 N–H and O–H groups in total. The Morgan fingerprint density at radius 3 is 2.80 bits per heavy atom. The van der Waals surface area contributed by atoms with Crippen molar-refractivity contribution in [1.29, 1.82) is 0 Å². The molecule has 0 spiro atoms. The lowest BCUT2D eigenvalue weighted by atomic mass is 10.1. The van der Waals surface area contributed by atoms with Crippen molar-refractivity contribution in [3.63, 3.8) is 0 Å². The maximum Gasteiger partial charge on any atom is 0.274 e. The maximum absolute atomic E-state index is 11.9. The summed E-state index contributed by atoms with van der Waals surface area (Å²) in [4.78, 5) is 14.5. The molecule has 0 unspecified atom stereocenters. The molecule has 0 aliphatic heterocycles. The van der Waals surface area contributed by atoms with E-state index in [0.29, 0.717) is 12.1 Å². The summed E-state index contributed by atoms with van der Waals surface area (Å²) in [5.74, 6) is 0.249. The monoisotopic (exact) mass is 271 g/mol. The van der Waals surface area contributed by atoms with Gasteiger partial charge in [0.25, 0.3) is 5.56 Å². The average Bonchev–Trinajstić information content (AvgIpc) is 2.47. The van der Waals surface area contributed by atoms with E-state index in [1.165, 1.54) is 0 Å². The molecule has 1 aromatic carbocycles. The molecule has 0 bridgehead atoms. The number of hydrogen-bond donors (Lipinski definition) is 2. The first-order chi connectivity index (χ1) is 9.79. The van der Waals surface area contributed by atoms with Crippen molar-refractivity contribution in [3.05, 3.63) is 51.9 Å². The van der Waals surface area contributed by atoms with E-state index in [2.05, 4.69) is 32.6 Å². The first-order valence-corrected chi connectivity index (χ1v) is 6.57. The number of unbranched alkanes of at least 4 members (excludes halogenated alkanes) is 1. The molecule has 0 amide bonds. The zero-order valence-corrected chi connectivity index (χ0v) is 11.3. The van der Waals surface area contributed by atoms with Crippen molar-refractivity contribution < 1.29 is 0 Å². The van der Waals surface area contributed by atoms with Crippen LogP contribution in [0.1, 0.15) is 31.0 Å². The van der Waals surface area contributed by atoms with Crippen LogP contribution in [0.15, 0.2) is 40.2 Å². The highest BCUT2D eigenvalue weighted by molar-refractivity contribution is 5.58. The molecule has 0 radical (unpaired) electrons. The van der Waals surface area contributed by atoms with Gasteiger partial charge in [-0.25, -0.2) is 5.43 Å². The van der Waals surface area contributed by atoms with Crippen molar-refractivity contribution >= 4 is 12.2 Å². The van der Waals surface area contributed by atoms with Crippen LogP contribution in [0.2, 0.25) is 0 Å². The van der Waals surface area contributed by atoms with E-state index in [-0.39, 0.29) is 11.5 Å². The Kier molecular flexibility index (Phi) is 5.00. The summed E-state index contributed by atoms with van der Waals surface area (Å²) in [6.07, 6.45) is 4.08. The second-order valence-corrected chi connectivity index (χ2v) is 4.32. The molecule has 0 aliphatic rings. The van der Waals surface area contributed by atoms with E-state index in [1.54, 1.807) is 6.21 Å². The van der Waals surface area contributed by atoms with Crippen LogP contribution in [0.25, 0.3) is 0 Å². The molecule has 6 heteroatoms. The van der Waals surface area contributed by atoms with E-state index >= 15 is 0 Å². The molecule has 2 rings (SSSR count). The number of hydrazone groups is 1. The first kappa shape index (κ1) is 13.9. The van der Waals surface area contributed by atoms with E-state index in [0.717, 1.165) is 18.4 Å². The minimum Gasteiger partial charge on any atom is -0.288 e. The van der Waals surface area contributed by atoms with Gasteiger partial charge in [-0.05, 0) is 12.0 Å². The van der Waals surface area contributed by atoms with Crippen LogP contribution in [0, 0.1) is 0 Å². The van der Waals surface area contributed by atoms with Crippen molar-refractivity contribution in [2.45, 2.75) is 26.2 Å². The Bertz CT molecular complexity index is 621. The molecule has 0 aliphatic carbocycles. The van der Waals surface area contributed by atoms with E-state index in [1.807, 2.05) is 30.3 Å². The maximum atomic E-state index is 11.9. The SMILES string of the molecule is CCCC=NNc1nnc(Cc2ccccc2)c(=O)[nH]1. The number of aromatic nitrogens is 3. The van der Waals surface area contributed by atoms with Gasteiger partial charge in [0.1, 0.15) is 5.69 Å². The molecule has 6 nitrogen and oxygen atoms in total. The van der Waals surface area contributed by atoms with E-state index < -0.39 is 0 Å². The first-order valence-electron chi connectivity index (χ1n) is 6.57. The fourth-order valence-corrected chi connectivity index (χ4v) is 1.62. The summed E-state index contributed by atoms with van der Waals surface area (Å²) in [6.45, 7) is 2.06. The summed E-state index contributed by atoms with van der Waals surface area (Å²) < 4.78 is 0. The minimum atomic E-state index is -0.253. The van der Waals surface area contributed by atoms with Crippen molar-refractivity contribution in [1.82, 2.24) is 15.2 Å². The Balaban J connectivity index is 2.04. The third-order valence-corrected chi connectivity index (χ3v) is 2.66. The number of rotatable bonds is 6. The number of nitrogens with one attached hydrogen (secondary N) is 2. The number of hydrogen-bond acceptors (Lipinski definition) is 5. The average molecular weight is 271 g/mol.